The van der Waals surface area contributed by atoms with Gasteiger partial charge in [0.05, 0.1) is 50.7 Å². The fraction of sp³-hybridized carbons (Fsp3) is 0.232. The summed E-state index contributed by atoms with van der Waals surface area (Å²) in [5.74, 6) is -3.22. The Hall–Kier alpha value is -12.2. The van der Waals surface area contributed by atoms with Crippen LogP contribution in [0.2, 0.25) is 0 Å². The Morgan fingerprint density at radius 2 is 0.912 bits per heavy atom. The first-order valence-electron chi connectivity index (χ1n) is 33.5. The van der Waals surface area contributed by atoms with Gasteiger partial charge in [-0.25, -0.2) is 19.2 Å². The van der Waals surface area contributed by atoms with Gasteiger partial charge in [0.25, 0.3) is 23.4 Å². The Morgan fingerprint density at radius 1 is 0.520 bits per heavy atom. The van der Waals surface area contributed by atoms with Crippen LogP contribution in [-0.2, 0) is 48.6 Å². The number of nitro benzene ring substituents is 1. The third kappa shape index (κ3) is 14.7. The molecule has 4 atom stereocenters. The molecule has 2 unspecified atom stereocenters. The fourth-order valence-corrected chi connectivity index (χ4v) is 13.9. The van der Waals surface area contributed by atoms with Crippen LogP contribution in [0, 0.1) is 20.9 Å². The number of carbonyl (C=O) groups is 7. The second kappa shape index (κ2) is 29.7. The molecule has 6 heterocycles. The Labute approximate surface area is 590 Å². The number of nitro groups is 1. The fourth-order valence-electron chi connectivity index (χ4n) is 13.9. The number of ether oxygens (including phenoxy) is 4. The Kier molecular flexibility index (Phi) is 20.3. The summed E-state index contributed by atoms with van der Waals surface area (Å²) in [6, 6.07) is 68.1. The smallest absolute Gasteiger partial charge is 0.408 e. The first-order valence-corrected chi connectivity index (χ1v) is 33.5. The molecule has 516 valence electrons. The van der Waals surface area contributed by atoms with E-state index in [0.717, 1.165) is 38.9 Å². The Balaban J connectivity index is 0.000000198. The van der Waals surface area contributed by atoms with Crippen molar-refractivity contribution < 1.29 is 57.4 Å². The van der Waals surface area contributed by atoms with Crippen LogP contribution >= 0.6 is 0 Å². The predicted octanol–water partition coefficient (Wildman–Crippen LogP) is 13.3. The van der Waals surface area contributed by atoms with Crippen LogP contribution in [0.3, 0.4) is 0 Å². The van der Waals surface area contributed by atoms with Gasteiger partial charge in [-0.2, -0.15) is 0 Å². The zero-order valence-electron chi connectivity index (χ0n) is 57.0. The lowest BCUT2D eigenvalue weighted by Gasteiger charge is -2.42. The minimum absolute atomic E-state index is 0.0172. The monoisotopic (exact) mass is 1370 g/mol. The summed E-state index contributed by atoms with van der Waals surface area (Å²) in [6.07, 6.45) is 1.92. The molecule has 0 radical (unpaired) electrons. The van der Waals surface area contributed by atoms with Crippen molar-refractivity contribution in [2.24, 2.45) is 10.8 Å². The zero-order valence-corrected chi connectivity index (χ0v) is 57.0. The van der Waals surface area contributed by atoms with Crippen LogP contribution in [-0.4, -0.2) is 104 Å². The number of amides is 4. The molecule has 0 spiro atoms. The number of aromatic nitrogens is 2. The maximum atomic E-state index is 14.1. The van der Waals surface area contributed by atoms with Gasteiger partial charge in [-0.1, -0.05) is 216 Å². The highest BCUT2D eigenvalue weighted by molar-refractivity contribution is 6.28. The first-order chi connectivity index (χ1) is 49.1. The standard InChI is InChI=1S/C47H46N4O6.C35H29N3O7/c1-46(2)30-37-39(43(53)51(37)41(46)44(54)56-40(33-18-10-6-11-19-33)34-20-12-7-13-21-34)38(36-22-14-15-27-48-36)42(52)49-28-29-50-45(55)57-47(3,4)35-25-23-32(24-26-35)31-16-8-5-9-17-31;1-35(2)21-27-29(28(26-15-9-10-20-36-26)33(40)44-25-18-16-24(17-19-25)38(42)43)32(39)37(27)31(35)34(41)45-30(22-11-5-3-6-12-22)23-13-7-4-8-14-23/h5-27,37,40-41H,28-30H2,1-4H3,(H,49,52)(H,50,55);3-20,27,30-31H,21H2,1-2H3/b39-38-;29-28-/t37?,41-;27?,31-/m00/s1. The molecule has 4 amide bonds. The van der Waals surface area contributed by atoms with E-state index < -0.39 is 99.5 Å². The van der Waals surface area contributed by atoms with E-state index in [2.05, 4.69) is 20.6 Å². The molecular weight excluding hydrogens is 1290 g/mol. The van der Waals surface area contributed by atoms with Crippen molar-refractivity contribution in [2.75, 3.05) is 13.1 Å². The number of carbonyl (C=O) groups excluding carboxylic acids is 7. The highest BCUT2D eigenvalue weighted by Crippen LogP contribution is 2.53. The van der Waals surface area contributed by atoms with Gasteiger partial charge in [-0.15, -0.1) is 0 Å². The molecule has 20 nitrogen and oxygen atoms in total. The van der Waals surface area contributed by atoms with Crippen LogP contribution < -0.4 is 15.4 Å². The lowest BCUT2D eigenvalue weighted by atomic mass is 9.82. The number of β-lactam (4-membered cyclic amide) rings is 2. The zero-order chi connectivity index (χ0) is 71.9. The van der Waals surface area contributed by atoms with Gasteiger partial charge in [0.15, 0.2) is 12.2 Å². The molecule has 4 aliphatic rings. The second-order valence-corrected chi connectivity index (χ2v) is 27.1. The quantitative estimate of drug-likeness (QED) is 0.0105. The minimum Gasteiger partial charge on any atom is -0.451 e. The Morgan fingerprint density at radius 3 is 1.33 bits per heavy atom. The van der Waals surface area contributed by atoms with Gasteiger partial charge in [-0.05, 0) is 113 Å². The molecule has 4 aliphatic heterocycles. The molecule has 102 heavy (non-hydrogen) atoms. The molecule has 2 aromatic heterocycles. The number of esters is 3. The van der Waals surface area contributed by atoms with E-state index in [4.69, 9.17) is 18.9 Å². The number of rotatable bonds is 20. The van der Waals surface area contributed by atoms with E-state index in [1.54, 1.807) is 47.5 Å². The summed E-state index contributed by atoms with van der Waals surface area (Å²) < 4.78 is 23.8. The molecule has 2 N–H and O–H groups in total. The summed E-state index contributed by atoms with van der Waals surface area (Å²) in [7, 11) is 0. The van der Waals surface area contributed by atoms with E-state index in [-0.39, 0.29) is 46.9 Å². The summed E-state index contributed by atoms with van der Waals surface area (Å²) in [5.41, 5.74) is 4.97. The lowest BCUT2D eigenvalue weighted by Crippen LogP contribution is -2.59. The molecule has 9 aromatic rings. The van der Waals surface area contributed by atoms with Crippen LogP contribution in [0.5, 0.6) is 5.75 Å². The average molecular weight is 1370 g/mol. The topological polar surface area (TPSA) is 256 Å². The van der Waals surface area contributed by atoms with Crippen molar-refractivity contribution >= 4 is 58.6 Å². The van der Waals surface area contributed by atoms with E-state index in [9.17, 15) is 43.7 Å². The molecule has 7 aromatic carbocycles. The van der Waals surface area contributed by atoms with E-state index in [1.807, 2.05) is 217 Å². The third-order valence-electron chi connectivity index (χ3n) is 18.9. The normalized spacial score (nSPS) is 18.5. The highest BCUT2D eigenvalue weighted by atomic mass is 16.6. The molecule has 4 fully saturated rings. The van der Waals surface area contributed by atoms with Gasteiger partial charge in [-0.3, -0.25) is 34.5 Å². The number of nitrogens with one attached hydrogen (secondary N) is 2. The van der Waals surface area contributed by atoms with Gasteiger partial charge in [0, 0.05) is 37.6 Å². The number of hydrogen-bond acceptors (Lipinski definition) is 15. The van der Waals surface area contributed by atoms with Gasteiger partial charge >= 0.3 is 24.0 Å². The molecule has 0 aliphatic carbocycles. The van der Waals surface area contributed by atoms with Crippen LogP contribution in [0.1, 0.15) is 106 Å². The third-order valence-corrected chi connectivity index (χ3v) is 18.9. The predicted molar refractivity (Wildman–Crippen MR) is 381 cm³/mol. The molecular formula is C82H75N7O13. The van der Waals surface area contributed by atoms with Crippen molar-refractivity contribution in [3.8, 4) is 16.9 Å². The minimum atomic E-state index is -0.918. The van der Waals surface area contributed by atoms with Crippen molar-refractivity contribution in [3.05, 3.63) is 309 Å². The van der Waals surface area contributed by atoms with Crippen molar-refractivity contribution in [1.82, 2.24) is 30.4 Å². The van der Waals surface area contributed by atoms with E-state index >= 15 is 0 Å². The molecule has 4 saturated heterocycles. The number of alkyl carbamates (subject to hydrolysis) is 1. The number of hydrogen-bond donors (Lipinski definition) is 2. The second-order valence-electron chi connectivity index (χ2n) is 27.1. The summed E-state index contributed by atoms with van der Waals surface area (Å²) in [5, 5.41) is 16.6. The highest BCUT2D eigenvalue weighted by Gasteiger charge is 2.64. The van der Waals surface area contributed by atoms with E-state index in [1.165, 1.54) is 35.4 Å². The molecule has 0 saturated carbocycles. The maximum Gasteiger partial charge on any atom is 0.408 e. The van der Waals surface area contributed by atoms with E-state index in [0.29, 0.717) is 24.1 Å². The number of benzene rings is 7. The van der Waals surface area contributed by atoms with Gasteiger partial charge in [0.1, 0.15) is 23.4 Å². The summed E-state index contributed by atoms with van der Waals surface area (Å²) >= 11 is 0. The summed E-state index contributed by atoms with van der Waals surface area (Å²) in [6.45, 7) is 11.4. The number of pyridine rings is 2. The SMILES string of the molecule is CC(C)(OC(=O)NCCNC(=O)/C(=C1\C(=O)N2C1CC(C)(C)[C@@H]2C(=O)OC(c1ccccc1)c1ccccc1)c1ccccn1)c1ccc(-c2ccccc2)cc1.CC1(C)CC2/C(=C(/C(=O)Oc3ccc([N+](=O)[O-])cc3)c3ccccn3)C(=O)N2[C@H]1C(=O)OC(c1ccccc1)c1ccccc1. The number of fused-ring (bicyclic) bond motifs is 2. The largest absolute Gasteiger partial charge is 0.451 e. The molecule has 0 bridgehead atoms. The van der Waals surface area contributed by atoms with Crippen molar-refractivity contribution in [3.63, 3.8) is 0 Å². The van der Waals surface area contributed by atoms with Crippen LogP contribution in [0.4, 0.5) is 10.5 Å². The average Bonchev–Trinajstić information content (AvgIpc) is 1.54. The van der Waals surface area contributed by atoms with Gasteiger partial charge < -0.3 is 39.4 Å². The van der Waals surface area contributed by atoms with Crippen molar-refractivity contribution in [2.45, 2.75) is 96.4 Å². The number of nitrogens with zero attached hydrogens (tertiary/aromatic N) is 5. The number of non-ortho nitro benzene ring substituents is 1. The first kappa shape index (κ1) is 69.7. The van der Waals surface area contributed by atoms with Crippen LogP contribution in [0.25, 0.3) is 22.3 Å². The van der Waals surface area contributed by atoms with Crippen molar-refractivity contribution in [1.29, 1.82) is 0 Å². The Bertz CT molecular complexity index is 4560. The summed E-state index contributed by atoms with van der Waals surface area (Å²) in [4.78, 5) is 119. The van der Waals surface area contributed by atoms with Gasteiger partial charge in [0.2, 0.25) is 0 Å². The lowest BCUT2D eigenvalue weighted by molar-refractivity contribution is -0.384. The molecule has 13 rings (SSSR count). The van der Waals surface area contributed by atoms with Crippen LogP contribution in [0.15, 0.2) is 260 Å². The maximum absolute atomic E-state index is 14.1. The molecule has 20 heteroatoms.